The number of benzene rings is 2. The van der Waals surface area contributed by atoms with Gasteiger partial charge in [-0.3, -0.25) is 9.59 Å². The second-order valence-corrected chi connectivity index (χ2v) is 7.61. The minimum absolute atomic E-state index is 0.133. The first-order valence-electron chi connectivity index (χ1n) is 9.20. The van der Waals surface area contributed by atoms with Crippen molar-refractivity contribution in [2.24, 2.45) is 0 Å². The quantitative estimate of drug-likeness (QED) is 0.483. The molecule has 0 spiro atoms. The van der Waals surface area contributed by atoms with Crippen LogP contribution >= 0.6 is 11.3 Å². The molecule has 0 saturated carbocycles. The topological polar surface area (TPSA) is 85.6 Å². The summed E-state index contributed by atoms with van der Waals surface area (Å²) in [6.45, 7) is 1.96. The largest absolute Gasteiger partial charge is 0.487 e. The minimum Gasteiger partial charge on any atom is -0.487 e. The van der Waals surface area contributed by atoms with Crippen LogP contribution in [0.5, 0.6) is 5.75 Å². The highest BCUT2D eigenvalue weighted by molar-refractivity contribution is 7.16. The number of rotatable bonds is 6. The van der Waals surface area contributed by atoms with Gasteiger partial charge in [0.2, 0.25) is 10.9 Å². The van der Waals surface area contributed by atoms with Crippen LogP contribution in [-0.4, -0.2) is 20.5 Å². The van der Waals surface area contributed by atoms with E-state index in [1.807, 2.05) is 37.3 Å². The molecule has 0 aliphatic heterocycles. The van der Waals surface area contributed by atoms with Gasteiger partial charge in [0.15, 0.2) is 0 Å². The van der Waals surface area contributed by atoms with E-state index in [-0.39, 0.29) is 18.1 Å². The van der Waals surface area contributed by atoms with Crippen LogP contribution in [0.15, 0.2) is 71.5 Å². The molecule has 0 aliphatic rings. The van der Waals surface area contributed by atoms with Crippen LogP contribution in [0.2, 0.25) is 0 Å². The lowest BCUT2D eigenvalue weighted by atomic mass is 10.2. The summed E-state index contributed by atoms with van der Waals surface area (Å²) in [6.07, 6.45) is 3.23. The Balaban J connectivity index is 1.40. The van der Waals surface area contributed by atoms with Gasteiger partial charge in [-0.15, -0.1) is 0 Å². The Morgan fingerprint density at radius 2 is 2.00 bits per heavy atom. The number of fused-ring (bicyclic) bond motifs is 1. The summed E-state index contributed by atoms with van der Waals surface area (Å²) < 4.78 is 7.04. The number of nitrogens with one attached hydrogen (secondary N) is 1. The number of hydrogen-bond donors (Lipinski definition) is 1. The predicted molar refractivity (Wildman–Crippen MR) is 117 cm³/mol. The number of anilines is 1. The highest BCUT2D eigenvalue weighted by atomic mass is 32.1. The van der Waals surface area contributed by atoms with E-state index in [1.165, 1.54) is 28.0 Å². The van der Waals surface area contributed by atoms with Gasteiger partial charge in [0.05, 0.1) is 5.69 Å². The SMILES string of the molecule is Cc1nn2c(=O)cc(COc3cccc(NC(=O)/C=C/c4ccccc4)c3)nc2s1. The van der Waals surface area contributed by atoms with Crippen molar-refractivity contribution in [1.29, 1.82) is 0 Å². The lowest BCUT2D eigenvalue weighted by molar-refractivity contribution is -0.111. The Labute approximate surface area is 176 Å². The molecule has 0 atom stereocenters. The normalized spacial score (nSPS) is 11.1. The number of ether oxygens (including phenoxy) is 1. The average molecular weight is 418 g/mol. The van der Waals surface area contributed by atoms with E-state index in [2.05, 4.69) is 15.4 Å². The standard InChI is InChI=1S/C22H18N4O3S/c1-15-25-26-21(28)13-18(24-22(26)30-15)14-29-19-9-5-8-17(12-19)23-20(27)11-10-16-6-3-2-4-7-16/h2-13H,14H2,1H3,(H,23,27)/b11-10+. The number of aromatic nitrogens is 3. The summed E-state index contributed by atoms with van der Waals surface area (Å²) in [4.78, 5) is 29.2. The first-order valence-corrected chi connectivity index (χ1v) is 10.0. The summed E-state index contributed by atoms with van der Waals surface area (Å²) in [6, 6.07) is 18.0. The fourth-order valence-corrected chi connectivity index (χ4v) is 3.53. The summed E-state index contributed by atoms with van der Waals surface area (Å²) >= 11 is 1.35. The maximum absolute atomic E-state index is 12.1. The summed E-state index contributed by atoms with van der Waals surface area (Å²) in [5.74, 6) is 0.319. The lowest BCUT2D eigenvalue weighted by Gasteiger charge is -2.08. The van der Waals surface area contributed by atoms with Gasteiger partial charge in [0, 0.05) is 23.9 Å². The molecule has 0 fully saturated rings. The van der Waals surface area contributed by atoms with E-state index >= 15 is 0 Å². The Hall–Kier alpha value is -3.78. The fourth-order valence-electron chi connectivity index (χ4n) is 2.77. The maximum atomic E-state index is 12.1. The van der Waals surface area contributed by atoms with E-state index in [4.69, 9.17) is 4.74 Å². The number of aryl methyl sites for hydroxylation is 1. The molecule has 0 saturated heterocycles. The van der Waals surface area contributed by atoms with E-state index < -0.39 is 0 Å². The molecule has 0 unspecified atom stereocenters. The van der Waals surface area contributed by atoms with E-state index in [9.17, 15) is 9.59 Å². The molecular weight excluding hydrogens is 400 g/mol. The zero-order valence-electron chi connectivity index (χ0n) is 16.1. The van der Waals surface area contributed by atoms with Crippen molar-refractivity contribution in [2.45, 2.75) is 13.5 Å². The van der Waals surface area contributed by atoms with Gasteiger partial charge in [-0.2, -0.15) is 9.61 Å². The highest BCUT2D eigenvalue weighted by Gasteiger charge is 2.08. The number of carbonyl (C=O) groups is 1. The van der Waals surface area contributed by atoms with Gasteiger partial charge in [0.25, 0.3) is 5.56 Å². The van der Waals surface area contributed by atoms with E-state index in [0.29, 0.717) is 22.1 Å². The first-order chi connectivity index (χ1) is 14.6. The Kier molecular flexibility index (Phi) is 5.67. The minimum atomic E-state index is -0.242. The van der Waals surface area contributed by atoms with Crippen molar-refractivity contribution in [3.05, 3.63) is 93.4 Å². The average Bonchev–Trinajstić information content (AvgIpc) is 3.13. The van der Waals surface area contributed by atoms with Crippen LogP contribution in [0.3, 0.4) is 0 Å². The van der Waals surface area contributed by atoms with Gasteiger partial charge < -0.3 is 10.1 Å². The van der Waals surface area contributed by atoms with Crippen LogP contribution in [0, 0.1) is 6.92 Å². The molecule has 2 aromatic carbocycles. The molecular formula is C22H18N4O3S. The van der Waals surface area contributed by atoms with Crippen molar-refractivity contribution < 1.29 is 9.53 Å². The van der Waals surface area contributed by atoms with Crippen LogP contribution < -0.4 is 15.6 Å². The second kappa shape index (κ2) is 8.71. The lowest BCUT2D eigenvalue weighted by Crippen LogP contribution is -2.16. The fraction of sp³-hybridized carbons (Fsp3) is 0.0909. The van der Waals surface area contributed by atoms with Gasteiger partial charge in [-0.05, 0) is 30.7 Å². The van der Waals surface area contributed by atoms with Gasteiger partial charge in [-0.25, -0.2) is 4.98 Å². The highest BCUT2D eigenvalue weighted by Crippen LogP contribution is 2.19. The third-order valence-electron chi connectivity index (χ3n) is 4.11. The molecule has 8 heteroatoms. The molecule has 1 amide bonds. The van der Waals surface area contributed by atoms with Crippen LogP contribution in [0.1, 0.15) is 16.3 Å². The summed E-state index contributed by atoms with van der Waals surface area (Å²) in [7, 11) is 0. The van der Waals surface area contributed by atoms with Crippen molar-refractivity contribution in [3.63, 3.8) is 0 Å². The second-order valence-electron chi connectivity index (χ2n) is 6.45. The monoisotopic (exact) mass is 418 g/mol. The molecule has 7 nitrogen and oxygen atoms in total. The van der Waals surface area contributed by atoms with Crippen LogP contribution in [0.4, 0.5) is 5.69 Å². The first kappa shape index (κ1) is 19.5. The smallest absolute Gasteiger partial charge is 0.275 e. The Morgan fingerprint density at radius 1 is 1.17 bits per heavy atom. The molecule has 2 aromatic heterocycles. The molecule has 4 aromatic rings. The van der Waals surface area contributed by atoms with Gasteiger partial charge in [0.1, 0.15) is 17.4 Å². The van der Waals surface area contributed by atoms with Crippen LogP contribution in [-0.2, 0) is 11.4 Å². The van der Waals surface area contributed by atoms with Crippen molar-refractivity contribution in [2.75, 3.05) is 5.32 Å². The van der Waals surface area contributed by atoms with E-state index in [0.717, 1.165) is 10.6 Å². The Bertz CT molecular complexity index is 1280. The zero-order valence-corrected chi connectivity index (χ0v) is 16.9. The maximum Gasteiger partial charge on any atom is 0.275 e. The number of carbonyl (C=O) groups excluding carboxylic acids is 1. The summed E-state index contributed by atoms with van der Waals surface area (Å²) in [5.41, 5.74) is 1.83. The molecule has 1 N–H and O–H groups in total. The molecule has 0 aliphatic carbocycles. The summed E-state index contributed by atoms with van der Waals surface area (Å²) in [5, 5.41) is 7.69. The molecule has 4 rings (SSSR count). The predicted octanol–water partition coefficient (Wildman–Crippen LogP) is 3.69. The van der Waals surface area contributed by atoms with E-state index in [1.54, 1.807) is 30.3 Å². The third-order valence-corrected chi connectivity index (χ3v) is 4.94. The van der Waals surface area contributed by atoms with Gasteiger partial charge >= 0.3 is 0 Å². The van der Waals surface area contributed by atoms with Crippen molar-refractivity contribution >= 4 is 34.0 Å². The van der Waals surface area contributed by atoms with Crippen LogP contribution in [0.25, 0.3) is 11.0 Å². The van der Waals surface area contributed by atoms with Crippen molar-refractivity contribution in [1.82, 2.24) is 14.6 Å². The Morgan fingerprint density at radius 3 is 2.83 bits per heavy atom. The van der Waals surface area contributed by atoms with Gasteiger partial charge in [-0.1, -0.05) is 47.7 Å². The number of amides is 1. The molecule has 2 heterocycles. The van der Waals surface area contributed by atoms with Crippen molar-refractivity contribution in [3.8, 4) is 5.75 Å². The molecule has 150 valence electrons. The molecule has 0 radical (unpaired) electrons. The number of nitrogens with zero attached hydrogens (tertiary/aromatic N) is 3. The number of hydrogen-bond acceptors (Lipinski definition) is 6. The molecule has 0 bridgehead atoms. The third kappa shape index (κ3) is 4.79. The molecule has 30 heavy (non-hydrogen) atoms. The zero-order chi connectivity index (χ0) is 20.9.